The minimum absolute atomic E-state index is 0.0214. The molecule has 2 fully saturated rings. The topological polar surface area (TPSA) is 140 Å². The van der Waals surface area contributed by atoms with E-state index in [1.807, 2.05) is 0 Å². The summed E-state index contributed by atoms with van der Waals surface area (Å²) < 4.78 is 59.9. The molecule has 2 aromatic rings. The first-order valence-corrected chi connectivity index (χ1v) is 13.0. The van der Waals surface area contributed by atoms with Crippen molar-refractivity contribution in [2.45, 2.75) is 37.7 Å². The standard InChI is InChI=1S/C20H25F2N7O5S/c1-12(30)23-9-15-10-28(20(31)34-15)14-7-16(21)19(17(22)8-14)27-5-3-13(4-6-27)29-18(24-25-26-29)11-35(2,32)33/h7-8,13,15H,3-6,9-11H2,1-2H3,(H,23,30)/t15-/m0/s1. The Morgan fingerprint density at radius 2 is 1.89 bits per heavy atom. The SMILES string of the molecule is CC(=O)NC[C@H]1CN(c2cc(F)c(N3CCC(n4nnnc4CS(C)(=O)=O)CC3)c(F)c2)C(=O)O1. The smallest absolute Gasteiger partial charge is 0.414 e. The van der Waals surface area contributed by atoms with E-state index in [1.54, 1.807) is 4.90 Å². The lowest BCUT2D eigenvalue weighted by Gasteiger charge is -2.34. The van der Waals surface area contributed by atoms with Crippen LogP contribution in [0, 0.1) is 11.6 Å². The van der Waals surface area contributed by atoms with Crippen molar-refractivity contribution in [3.63, 3.8) is 0 Å². The number of carbonyl (C=O) groups excluding carboxylic acids is 2. The summed E-state index contributed by atoms with van der Waals surface area (Å²) in [4.78, 5) is 25.9. The average molecular weight is 514 g/mol. The number of sulfone groups is 1. The third kappa shape index (κ3) is 5.66. The van der Waals surface area contributed by atoms with E-state index >= 15 is 8.78 Å². The molecule has 1 aromatic heterocycles. The largest absolute Gasteiger partial charge is 0.442 e. The second kappa shape index (κ2) is 9.71. The lowest BCUT2D eigenvalue weighted by atomic mass is 10.0. The first-order chi connectivity index (χ1) is 16.5. The zero-order valence-electron chi connectivity index (χ0n) is 19.1. The molecule has 2 aliphatic heterocycles. The van der Waals surface area contributed by atoms with Gasteiger partial charge in [-0.25, -0.2) is 26.7 Å². The summed E-state index contributed by atoms with van der Waals surface area (Å²) in [6.45, 7) is 2.06. The highest BCUT2D eigenvalue weighted by Gasteiger charge is 2.34. The van der Waals surface area contributed by atoms with E-state index < -0.39 is 33.7 Å². The lowest BCUT2D eigenvalue weighted by Crippen LogP contribution is -2.37. The number of rotatable bonds is 7. The highest BCUT2D eigenvalue weighted by molar-refractivity contribution is 7.89. The van der Waals surface area contributed by atoms with Crippen LogP contribution in [0.15, 0.2) is 12.1 Å². The van der Waals surface area contributed by atoms with Crippen molar-refractivity contribution in [1.82, 2.24) is 25.5 Å². The van der Waals surface area contributed by atoms with Gasteiger partial charge in [-0.1, -0.05) is 0 Å². The Kier molecular flexibility index (Phi) is 6.87. The molecular weight excluding hydrogens is 488 g/mol. The Balaban J connectivity index is 1.44. The summed E-state index contributed by atoms with van der Waals surface area (Å²) in [7, 11) is -3.33. The van der Waals surface area contributed by atoms with Crippen molar-refractivity contribution in [2.24, 2.45) is 0 Å². The number of cyclic esters (lactones) is 1. The quantitative estimate of drug-likeness (QED) is 0.569. The van der Waals surface area contributed by atoms with E-state index in [4.69, 9.17) is 4.74 Å². The molecule has 15 heteroatoms. The number of benzene rings is 1. The number of hydrogen-bond donors (Lipinski definition) is 1. The van der Waals surface area contributed by atoms with Crippen LogP contribution in [0.2, 0.25) is 0 Å². The number of aromatic nitrogens is 4. The maximum Gasteiger partial charge on any atom is 0.414 e. The molecule has 0 saturated carbocycles. The van der Waals surface area contributed by atoms with Crippen LogP contribution >= 0.6 is 0 Å². The van der Waals surface area contributed by atoms with Crippen LogP contribution in [0.3, 0.4) is 0 Å². The number of halogens is 2. The third-order valence-corrected chi connectivity index (χ3v) is 6.63. The maximum absolute atomic E-state index is 15.0. The summed E-state index contributed by atoms with van der Waals surface area (Å²) in [6.07, 6.45) is 0.612. The summed E-state index contributed by atoms with van der Waals surface area (Å²) in [5, 5.41) is 13.8. The van der Waals surface area contributed by atoms with Crippen LogP contribution in [-0.4, -0.2) is 79.2 Å². The van der Waals surface area contributed by atoms with Gasteiger partial charge in [-0.3, -0.25) is 9.69 Å². The Labute approximate surface area is 200 Å². The Hall–Kier alpha value is -3.36. The fourth-order valence-electron chi connectivity index (χ4n) is 4.27. The van der Waals surface area contributed by atoms with Crippen molar-refractivity contribution in [3.8, 4) is 0 Å². The Morgan fingerprint density at radius 1 is 1.23 bits per heavy atom. The number of anilines is 2. The van der Waals surface area contributed by atoms with Crippen molar-refractivity contribution in [3.05, 3.63) is 29.6 Å². The summed E-state index contributed by atoms with van der Waals surface area (Å²) >= 11 is 0. The number of hydrogen-bond acceptors (Lipinski definition) is 9. The Bertz CT molecular complexity index is 1210. The van der Waals surface area contributed by atoms with E-state index in [-0.39, 0.29) is 48.0 Å². The number of amides is 2. The summed E-state index contributed by atoms with van der Waals surface area (Å²) in [5.41, 5.74) is -0.185. The zero-order chi connectivity index (χ0) is 25.3. The number of nitrogens with zero attached hydrogens (tertiary/aromatic N) is 6. The molecular formula is C20H25F2N7O5S. The molecule has 3 heterocycles. The predicted molar refractivity (Wildman–Crippen MR) is 120 cm³/mol. The van der Waals surface area contributed by atoms with E-state index in [9.17, 15) is 18.0 Å². The van der Waals surface area contributed by atoms with Crippen LogP contribution in [0.5, 0.6) is 0 Å². The van der Waals surface area contributed by atoms with Gasteiger partial charge in [-0.2, -0.15) is 0 Å². The predicted octanol–water partition coefficient (Wildman–Crippen LogP) is 0.799. The maximum atomic E-state index is 15.0. The molecule has 0 bridgehead atoms. The van der Waals surface area contributed by atoms with Crippen molar-refractivity contribution in [2.75, 3.05) is 42.2 Å². The highest BCUT2D eigenvalue weighted by atomic mass is 32.2. The summed E-state index contributed by atoms with van der Waals surface area (Å²) in [6, 6.07) is 1.96. The molecule has 2 aliphatic rings. The number of piperidine rings is 1. The monoisotopic (exact) mass is 513 g/mol. The van der Waals surface area contributed by atoms with E-state index in [0.29, 0.717) is 25.9 Å². The van der Waals surface area contributed by atoms with E-state index in [2.05, 4.69) is 20.8 Å². The van der Waals surface area contributed by atoms with Crippen molar-refractivity contribution in [1.29, 1.82) is 0 Å². The van der Waals surface area contributed by atoms with Crippen LogP contribution in [0.1, 0.15) is 31.6 Å². The van der Waals surface area contributed by atoms with E-state index in [0.717, 1.165) is 23.3 Å². The first kappa shape index (κ1) is 24.8. The summed E-state index contributed by atoms with van der Waals surface area (Å²) in [5.74, 6) is -2.00. The minimum Gasteiger partial charge on any atom is -0.442 e. The third-order valence-electron chi connectivity index (χ3n) is 5.84. The molecule has 190 valence electrons. The molecule has 1 aromatic carbocycles. The molecule has 0 spiro atoms. The van der Waals surface area contributed by atoms with Crippen LogP contribution in [0.4, 0.5) is 25.0 Å². The van der Waals surface area contributed by atoms with E-state index in [1.165, 1.54) is 11.6 Å². The molecule has 0 unspecified atom stereocenters. The van der Waals surface area contributed by atoms with Gasteiger partial charge in [0.2, 0.25) is 5.91 Å². The first-order valence-electron chi connectivity index (χ1n) is 10.9. The second-order valence-electron chi connectivity index (χ2n) is 8.64. The number of tetrazole rings is 1. The van der Waals surface area contributed by atoms with Gasteiger partial charge >= 0.3 is 6.09 Å². The van der Waals surface area contributed by atoms with Gasteiger partial charge in [0.05, 0.1) is 24.8 Å². The zero-order valence-corrected chi connectivity index (χ0v) is 20.0. The average Bonchev–Trinajstić information content (AvgIpc) is 3.37. The molecule has 1 N–H and O–H groups in total. The van der Waals surface area contributed by atoms with Gasteiger partial charge in [0.1, 0.15) is 17.5 Å². The van der Waals surface area contributed by atoms with Crippen LogP contribution in [0.25, 0.3) is 0 Å². The van der Waals surface area contributed by atoms with Gasteiger partial charge in [-0.05, 0) is 23.3 Å². The van der Waals surface area contributed by atoms with Gasteiger partial charge in [0.15, 0.2) is 27.3 Å². The highest BCUT2D eigenvalue weighted by Crippen LogP contribution is 2.34. The molecule has 0 aliphatic carbocycles. The van der Waals surface area contributed by atoms with Crippen molar-refractivity contribution < 1.29 is 31.5 Å². The Morgan fingerprint density at radius 3 is 2.49 bits per heavy atom. The van der Waals surface area contributed by atoms with Crippen LogP contribution < -0.4 is 15.1 Å². The van der Waals surface area contributed by atoms with Crippen LogP contribution in [-0.2, 0) is 25.1 Å². The molecule has 4 rings (SSSR count). The van der Waals surface area contributed by atoms with Gasteiger partial charge in [0, 0.05) is 38.4 Å². The van der Waals surface area contributed by atoms with Crippen molar-refractivity contribution >= 4 is 33.2 Å². The fourth-order valence-corrected chi connectivity index (χ4v) is 4.92. The fraction of sp³-hybridized carbons (Fsp3) is 0.550. The van der Waals surface area contributed by atoms with Gasteiger partial charge in [0.25, 0.3) is 0 Å². The molecule has 35 heavy (non-hydrogen) atoms. The lowest BCUT2D eigenvalue weighted by molar-refractivity contribution is -0.119. The molecule has 12 nitrogen and oxygen atoms in total. The number of nitrogens with one attached hydrogen (secondary N) is 1. The number of carbonyl (C=O) groups is 2. The van der Waals surface area contributed by atoms with Gasteiger partial charge in [-0.15, -0.1) is 5.10 Å². The molecule has 0 radical (unpaired) electrons. The molecule has 2 amide bonds. The number of ether oxygens (including phenoxy) is 1. The molecule has 1 atom stereocenters. The normalized spacial score (nSPS) is 19.2. The molecule has 2 saturated heterocycles. The van der Waals surface area contributed by atoms with Gasteiger partial charge < -0.3 is 15.0 Å². The minimum atomic E-state index is -3.33. The second-order valence-corrected chi connectivity index (χ2v) is 10.8.